The maximum Gasteiger partial charge on any atom is 0.247 e. The van der Waals surface area contributed by atoms with Crippen LogP contribution in [-0.4, -0.2) is 71.7 Å². The van der Waals surface area contributed by atoms with Gasteiger partial charge in [0.25, 0.3) is 0 Å². The highest BCUT2D eigenvalue weighted by atomic mass is 127. The molecule has 226 valence electrons. The van der Waals surface area contributed by atoms with E-state index in [1.165, 1.54) is 19.3 Å². The number of benzene rings is 3. The van der Waals surface area contributed by atoms with Crippen LogP contribution >= 0.6 is 34.2 Å². The zero-order chi connectivity index (χ0) is 30.9. The van der Waals surface area contributed by atoms with E-state index in [1.807, 2.05) is 52.9 Å². The third-order valence-electron chi connectivity index (χ3n) is 7.04. The van der Waals surface area contributed by atoms with E-state index in [0.29, 0.717) is 26.0 Å². The summed E-state index contributed by atoms with van der Waals surface area (Å²) in [5.74, 6) is -0.131. The van der Waals surface area contributed by atoms with Gasteiger partial charge in [-0.05, 0) is 64.1 Å². The Morgan fingerprint density at radius 1 is 1.12 bits per heavy atom. The van der Waals surface area contributed by atoms with Gasteiger partial charge in [0, 0.05) is 35.7 Å². The molecule has 0 radical (unpaired) electrons. The van der Waals surface area contributed by atoms with E-state index in [-0.39, 0.29) is 49.9 Å². The number of ether oxygens (including phenoxy) is 2. The van der Waals surface area contributed by atoms with Gasteiger partial charge in [0.1, 0.15) is 18.5 Å². The van der Waals surface area contributed by atoms with Crippen LogP contribution in [0.25, 0.3) is 0 Å². The topological polar surface area (TPSA) is 125 Å². The molecule has 3 aromatic rings. The van der Waals surface area contributed by atoms with Gasteiger partial charge in [-0.1, -0.05) is 54.1 Å². The van der Waals surface area contributed by atoms with E-state index in [4.69, 9.17) is 21.1 Å². The van der Waals surface area contributed by atoms with Crippen molar-refractivity contribution in [3.05, 3.63) is 104 Å². The van der Waals surface area contributed by atoms with Gasteiger partial charge in [-0.2, -0.15) is 0 Å². The van der Waals surface area contributed by atoms with E-state index in [1.54, 1.807) is 35.2 Å². The van der Waals surface area contributed by atoms with Gasteiger partial charge in [0.05, 0.1) is 29.7 Å². The monoisotopic (exact) mass is 718 g/mol. The van der Waals surface area contributed by atoms with Crippen LogP contribution in [0.3, 0.4) is 0 Å². The Hall–Kier alpha value is -3.45. The third kappa shape index (κ3) is 8.35. The zero-order valence-electron chi connectivity index (χ0n) is 23.4. The largest absolute Gasteiger partial charge is 0.493 e. The van der Waals surface area contributed by atoms with Crippen LogP contribution in [0.4, 0.5) is 0 Å². The predicted octanol–water partition coefficient (Wildman–Crippen LogP) is 3.95. The van der Waals surface area contributed by atoms with Crippen molar-refractivity contribution >= 4 is 52.3 Å². The second-order valence-corrected chi connectivity index (χ2v) is 11.6. The van der Waals surface area contributed by atoms with Crippen LogP contribution in [-0.2, 0) is 22.6 Å². The van der Waals surface area contributed by atoms with Crippen molar-refractivity contribution < 1.29 is 34.1 Å². The lowest BCUT2D eigenvalue weighted by molar-refractivity contribution is -0.138. The molecule has 0 bridgehead atoms. The minimum atomic E-state index is -1.24. The van der Waals surface area contributed by atoms with Crippen molar-refractivity contribution in [2.45, 2.75) is 37.6 Å². The summed E-state index contributed by atoms with van der Waals surface area (Å²) >= 11 is 8.11. The highest BCUT2D eigenvalue weighted by molar-refractivity contribution is 14.1. The van der Waals surface area contributed by atoms with Crippen LogP contribution < -0.4 is 14.8 Å². The van der Waals surface area contributed by atoms with Gasteiger partial charge in [0.15, 0.2) is 11.5 Å². The average molecular weight is 719 g/mol. The molecule has 4 rings (SSSR count). The fraction of sp³-hybridized carbons (Fsp3) is 0.281. The van der Waals surface area contributed by atoms with Gasteiger partial charge in [-0.3, -0.25) is 14.4 Å². The van der Waals surface area contributed by atoms with Crippen molar-refractivity contribution in [3.63, 3.8) is 0 Å². The fourth-order valence-electron chi connectivity index (χ4n) is 4.89. The number of aldehydes is 1. The van der Waals surface area contributed by atoms with Gasteiger partial charge >= 0.3 is 0 Å². The molecule has 0 heterocycles. The minimum absolute atomic E-state index is 0.0369. The second kappa shape index (κ2) is 15.3. The number of aliphatic hydroxyl groups is 2. The summed E-state index contributed by atoms with van der Waals surface area (Å²) in [5, 5.41) is 24.2. The van der Waals surface area contributed by atoms with Crippen molar-refractivity contribution in [3.8, 4) is 11.5 Å². The molecule has 0 fully saturated rings. The number of carbonyl (C=O) groups is 3. The molecule has 9 nitrogen and oxygen atoms in total. The number of nitrogens with zero attached hydrogens (tertiary/aromatic N) is 1. The third-order valence-corrected chi connectivity index (χ3v) is 8.09. The van der Waals surface area contributed by atoms with Crippen LogP contribution in [0.15, 0.2) is 78.4 Å². The van der Waals surface area contributed by atoms with Gasteiger partial charge in [-0.25, -0.2) is 0 Å². The van der Waals surface area contributed by atoms with Crippen LogP contribution in [0.5, 0.6) is 11.5 Å². The second-order valence-electron chi connectivity index (χ2n) is 9.98. The molecular formula is C32H32ClIN2O7. The van der Waals surface area contributed by atoms with Gasteiger partial charge in [-0.15, -0.1) is 0 Å². The first-order valence-electron chi connectivity index (χ1n) is 13.6. The maximum atomic E-state index is 13.9. The summed E-state index contributed by atoms with van der Waals surface area (Å²) in [4.78, 5) is 40.0. The number of hydrogen-bond acceptors (Lipinski definition) is 7. The Labute approximate surface area is 268 Å². The zero-order valence-corrected chi connectivity index (χ0v) is 26.3. The lowest BCUT2D eigenvalue weighted by atomic mass is 9.87. The summed E-state index contributed by atoms with van der Waals surface area (Å²) in [6.07, 6.45) is 0.0426. The number of halogens is 2. The highest BCUT2D eigenvalue weighted by Crippen LogP contribution is 2.37. The SMILES string of the molecule is COc1cc(C=O)cc(I)c1O[C@H]1C=C(C(=O)NCCO)C[C@@H](N(Cc2ccc(Cl)cc2)C(=O)Cc2ccccc2)[C@@H]1O. The highest BCUT2D eigenvalue weighted by Gasteiger charge is 2.41. The van der Waals surface area contributed by atoms with Crippen molar-refractivity contribution in [2.75, 3.05) is 20.3 Å². The van der Waals surface area contributed by atoms with E-state index in [0.717, 1.165) is 11.1 Å². The molecule has 3 aromatic carbocycles. The summed E-state index contributed by atoms with van der Waals surface area (Å²) in [7, 11) is 1.44. The Bertz CT molecular complexity index is 1470. The van der Waals surface area contributed by atoms with Crippen molar-refractivity contribution in [2.24, 2.45) is 0 Å². The molecular weight excluding hydrogens is 687 g/mol. The number of carbonyl (C=O) groups excluding carboxylic acids is 3. The lowest BCUT2D eigenvalue weighted by Crippen LogP contribution is -2.55. The number of rotatable bonds is 12. The number of amides is 2. The van der Waals surface area contributed by atoms with Crippen LogP contribution in [0.2, 0.25) is 5.02 Å². The van der Waals surface area contributed by atoms with E-state index >= 15 is 0 Å². The predicted molar refractivity (Wildman–Crippen MR) is 170 cm³/mol. The molecule has 0 aromatic heterocycles. The van der Waals surface area contributed by atoms with Crippen LogP contribution in [0.1, 0.15) is 27.9 Å². The Morgan fingerprint density at radius 2 is 1.84 bits per heavy atom. The summed E-state index contributed by atoms with van der Waals surface area (Å²) in [6, 6.07) is 18.6. The quantitative estimate of drug-likeness (QED) is 0.191. The van der Waals surface area contributed by atoms with E-state index in [2.05, 4.69) is 5.32 Å². The number of hydrogen-bond donors (Lipinski definition) is 3. The number of methoxy groups -OCH3 is 1. The maximum absolute atomic E-state index is 13.9. The first-order valence-corrected chi connectivity index (χ1v) is 15.0. The van der Waals surface area contributed by atoms with E-state index < -0.39 is 24.2 Å². The first-order chi connectivity index (χ1) is 20.7. The van der Waals surface area contributed by atoms with Gasteiger partial charge < -0.3 is 29.9 Å². The molecule has 0 unspecified atom stereocenters. The fourth-order valence-corrected chi connectivity index (χ4v) is 5.77. The molecule has 11 heteroatoms. The average Bonchev–Trinajstić information content (AvgIpc) is 3.01. The van der Waals surface area contributed by atoms with E-state index in [9.17, 15) is 24.6 Å². The number of nitrogens with one attached hydrogen (secondary N) is 1. The van der Waals surface area contributed by atoms with Gasteiger partial charge in [0.2, 0.25) is 11.8 Å². The molecule has 2 amide bonds. The summed E-state index contributed by atoms with van der Waals surface area (Å²) in [5.41, 5.74) is 2.27. The standard InChI is InChI=1S/C32H32ClIN2O7/c1-42-28-14-22(19-38)13-25(34)31(28)43-27-17-23(32(41)35-11-12-37)16-26(30(27)40)36(18-21-7-9-24(33)10-8-21)29(39)15-20-5-3-2-4-6-20/h2-10,13-14,17,19,26-27,30,37,40H,11-12,15-16,18H2,1H3,(H,35,41)/t26-,27+,30+/m1/s1. The molecule has 43 heavy (non-hydrogen) atoms. The number of aliphatic hydroxyl groups excluding tert-OH is 2. The summed E-state index contributed by atoms with van der Waals surface area (Å²) < 4.78 is 12.3. The summed E-state index contributed by atoms with van der Waals surface area (Å²) in [6.45, 7) is -0.0609. The van der Waals surface area contributed by atoms with Crippen LogP contribution in [0, 0.1) is 3.57 Å². The smallest absolute Gasteiger partial charge is 0.247 e. The molecule has 0 saturated carbocycles. The molecule has 0 saturated heterocycles. The lowest BCUT2D eigenvalue weighted by Gasteiger charge is -2.41. The molecule has 1 aliphatic rings. The Balaban J connectivity index is 1.74. The molecule has 0 spiro atoms. The van der Waals surface area contributed by atoms with Crippen molar-refractivity contribution in [1.82, 2.24) is 10.2 Å². The van der Waals surface area contributed by atoms with Crippen molar-refractivity contribution in [1.29, 1.82) is 0 Å². The molecule has 3 atom stereocenters. The normalized spacial score (nSPS) is 17.9. The molecule has 3 N–H and O–H groups in total. The minimum Gasteiger partial charge on any atom is -0.493 e. The Kier molecular flexibility index (Phi) is 11.6. The molecule has 0 aliphatic heterocycles. The Morgan fingerprint density at radius 3 is 2.49 bits per heavy atom. The first kappa shape index (κ1) is 32.5. The molecule has 1 aliphatic carbocycles.